The Hall–Kier alpha value is -3.20. The number of methoxy groups -OCH3 is 1. The Morgan fingerprint density at radius 3 is 2.24 bits per heavy atom. The number of carbonyl (C=O) groups excluding carboxylic acids is 4. The van der Waals surface area contributed by atoms with Gasteiger partial charge in [-0.1, -0.05) is 6.08 Å². The first-order chi connectivity index (χ1) is 13.8. The number of hydrogen-bond acceptors (Lipinski definition) is 8. The van der Waals surface area contributed by atoms with Crippen LogP contribution in [-0.4, -0.2) is 48.9 Å². The highest BCUT2D eigenvalue weighted by Crippen LogP contribution is 2.54. The van der Waals surface area contributed by atoms with E-state index in [2.05, 4.69) is 0 Å². The van der Waals surface area contributed by atoms with Crippen molar-refractivity contribution in [2.24, 2.45) is 11.8 Å². The lowest BCUT2D eigenvalue weighted by molar-refractivity contribution is -0.226. The number of carbonyl (C=O) groups is 4. The van der Waals surface area contributed by atoms with Crippen molar-refractivity contribution in [3.63, 3.8) is 0 Å². The second kappa shape index (κ2) is 6.70. The Morgan fingerprint density at radius 2 is 1.69 bits per heavy atom. The molecule has 0 N–H and O–H groups in total. The molecule has 2 saturated heterocycles. The highest BCUT2D eigenvalue weighted by molar-refractivity contribution is 6.23. The molecule has 0 aromatic heterocycles. The first kappa shape index (κ1) is 19.1. The van der Waals surface area contributed by atoms with Crippen LogP contribution >= 0.6 is 0 Å². The number of amides is 2. The summed E-state index contributed by atoms with van der Waals surface area (Å²) >= 11 is 0. The van der Waals surface area contributed by atoms with Gasteiger partial charge in [0.05, 0.1) is 30.7 Å². The van der Waals surface area contributed by atoms with Gasteiger partial charge in [-0.3, -0.25) is 19.2 Å². The summed E-state index contributed by atoms with van der Waals surface area (Å²) in [7, 11) is 1.51. The van der Waals surface area contributed by atoms with Gasteiger partial charge in [0.25, 0.3) is 6.29 Å². The minimum absolute atomic E-state index is 0.390. The summed E-state index contributed by atoms with van der Waals surface area (Å²) in [5, 5.41) is 0. The van der Waals surface area contributed by atoms with E-state index in [1.54, 1.807) is 30.3 Å². The lowest BCUT2D eigenvalue weighted by Gasteiger charge is -2.34. The molecule has 0 spiro atoms. The maximum Gasteiger partial charge on any atom is 0.305 e. The minimum atomic E-state index is -1.55. The zero-order valence-corrected chi connectivity index (χ0v) is 16.0. The molecule has 1 aromatic carbocycles. The predicted molar refractivity (Wildman–Crippen MR) is 96.5 cm³/mol. The smallest absolute Gasteiger partial charge is 0.305 e. The number of nitrogens with zero attached hydrogens (tertiary/aromatic N) is 1. The third kappa shape index (κ3) is 2.80. The first-order valence-electron chi connectivity index (χ1n) is 9.02. The van der Waals surface area contributed by atoms with E-state index in [9.17, 15) is 19.2 Å². The summed E-state index contributed by atoms with van der Waals surface area (Å²) in [6.45, 7) is 2.31. The molecular weight excluding hydrogens is 382 g/mol. The van der Waals surface area contributed by atoms with Crippen molar-refractivity contribution in [3.8, 4) is 5.75 Å². The number of ether oxygens (including phenoxy) is 4. The Kier molecular flexibility index (Phi) is 4.42. The average molecular weight is 401 g/mol. The van der Waals surface area contributed by atoms with E-state index in [1.807, 2.05) is 0 Å². The summed E-state index contributed by atoms with van der Waals surface area (Å²) in [5.74, 6) is -3.57. The molecule has 2 amide bonds. The molecule has 0 unspecified atom stereocenters. The van der Waals surface area contributed by atoms with Gasteiger partial charge in [-0.2, -0.15) is 0 Å². The van der Waals surface area contributed by atoms with Crippen LogP contribution in [0, 0.1) is 11.8 Å². The van der Waals surface area contributed by atoms with Crippen molar-refractivity contribution in [2.75, 3.05) is 12.0 Å². The van der Waals surface area contributed by atoms with E-state index in [0.29, 0.717) is 11.4 Å². The SMILES string of the molecule is COc1ccc(N2C(=O)[C@H]3[C@@H](C2=O)[C@@]2(C(OC(C)=O)OC(C)=O)C=C[C@H]3O2)cc1. The standard InChI is InChI=1S/C20H19NO8/c1-10(22)27-19(28-11(2)23)20-9-8-14(29-20)15-16(20)18(25)21(17(15)24)12-4-6-13(26-3)7-5-12/h4-9,14-16,19H,1-3H3/t14-,15-,16+,20-/m1/s1. The van der Waals surface area contributed by atoms with E-state index < -0.39 is 53.6 Å². The lowest BCUT2D eigenvalue weighted by Crippen LogP contribution is -2.52. The van der Waals surface area contributed by atoms with Crippen LogP contribution in [0.3, 0.4) is 0 Å². The highest BCUT2D eigenvalue weighted by atomic mass is 16.7. The second-order valence-electron chi connectivity index (χ2n) is 7.06. The summed E-state index contributed by atoms with van der Waals surface area (Å²) in [6.07, 6.45) is 0.997. The van der Waals surface area contributed by atoms with Gasteiger partial charge >= 0.3 is 11.9 Å². The van der Waals surface area contributed by atoms with Crippen LogP contribution < -0.4 is 9.64 Å². The van der Waals surface area contributed by atoms with Gasteiger partial charge in [0.2, 0.25) is 11.8 Å². The largest absolute Gasteiger partial charge is 0.497 e. The van der Waals surface area contributed by atoms with E-state index in [1.165, 1.54) is 13.2 Å². The van der Waals surface area contributed by atoms with Crippen LogP contribution in [0.4, 0.5) is 5.69 Å². The molecule has 3 aliphatic rings. The predicted octanol–water partition coefficient (Wildman–Crippen LogP) is 0.960. The van der Waals surface area contributed by atoms with Gasteiger partial charge in [-0.25, -0.2) is 4.90 Å². The Morgan fingerprint density at radius 1 is 1.07 bits per heavy atom. The summed E-state index contributed by atoms with van der Waals surface area (Å²) in [6, 6.07) is 6.50. The van der Waals surface area contributed by atoms with Crippen molar-refractivity contribution >= 4 is 29.4 Å². The van der Waals surface area contributed by atoms with Crippen LogP contribution in [0.5, 0.6) is 5.75 Å². The molecule has 3 aliphatic heterocycles. The lowest BCUT2D eigenvalue weighted by atomic mass is 9.76. The molecule has 2 fully saturated rings. The molecular formula is C20H19NO8. The Labute approximate surface area is 166 Å². The van der Waals surface area contributed by atoms with Gasteiger partial charge < -0.3 is 18.9 Å². The molecule has 9 nitrogen and oxygen atoms in total. The molecule has 1 aromatic rings. The normalized spacial score (nSPS) is 29.4. The van der Waals surface area contributed by atoms with Crippen LogP contribution in [-0.2, 0) is 33.4 Å². The molecule has 9 heteroatoms. The molecule has 2 bridgehead atoms. The number of hydrogen-bond donors (Lipinski definition) is 0. The fourth-order valence-electron chi connectivity index (χ4n) is 4.20. The van der Waals surface area contributed by atoms with E-state index >= 15 is 0 Å². The topological polar surface area (TPSA) is 108 Å². The number of anilines is 1. The van der Waals surface area contributed by atoms with Crippen LogP contribution in [0.2, 0.25) is 0 Å². The van der Waals surface area contributed by atoms with E-state index in [0.717, 1.165) is 18.7 Å². The van der Waals surface area contributed by atoms with Gasteiger partial charge in [0.15, 0.2) is 5.60 Å². The molecule has 0 saturated carbocycles. The number of esters is 2. The summed E-state index contributed by atoms with van der Waals surface area (Å²) in [4.78, 5) is 50.6. The summed E-state index contributed by atoms with van der Waals surface area (Å²) < 4.78 is 21.4. The molecule has 4 atom stereocenters. The monoisotopic (exact) mass is 401 g/mol. The van der Waals surface area contributed by atoms with Crippen molar-refractivity contribution in [1.29, 1.82) is 0 Å². The minimum Gasteiger partial charge on any atom is -0.497 e. The molecule has 29 heavy (non-hydrogen) atoms. The average Bonchev–Trinajstić information content (AvgIpc) is 3.32. The van der Waals surface area contributed by atoms with Gasteiger partial charge in [0.1, 0.15) is 5.75 Å². The number of rotatable bonds is 5. The number of fused-ring (bicyclic) bond motifs is 5. The number of imide groups is 1. The molecule has 0 aliphatic carbocycles. The van der Waals surface area contributed by atoms with Crippen LogP contribution in [0.25, 0.3) is 0 Å². The zero-order valence-electron chi connectivity index (χ0n) is 16.0. The third-order valence-corrected chi connectivity index (χ3v) is 5.32. The molecule has 152 valence electrons. The van der Waals surface area contributed by atoms with Crippen molar-refractivity contribution in [1.82, 2.24) is 0 Å². The van der Waals surface area contributed by atoms with Crippen molar-refractivity contribution in [3.05, 3.63) is 36.4 Å². The van der Waals surface area contributed by atoms with Crippen molar-refractivity contribution < 1.29 is 38.1 Å². The fourth-order valence-corrected chi connectivity index (χ4v) is 4.20. The maximum absolute atomic E-state index is 13.3. The van der Waals surface area contributed by atoms with Gasteiger partial charge in [-0.05, 0) is 30.3 Å². The second-order valence-corrected chi connectivity index (χ2v) is 7.06. The fraction of sp³-hybridized carbons (Fsp3) is 0.400. The van der Waals surface area contributed by atoms with Gasteiger partial charge in [0, 0.05) is 13.8 Å². The third-order valence-electron chi connectivity index (χ3n) is 5.32. The highest BCUT2D eigenvalue weighted by Gasteiger charge is 2.72. The van der Waals surface area contributed by atoms with E-state index in [-0.39, 0.29) is 0 Å². The molecule has 4 rings (SSSR count). The number of benzene rings is 1. The molecule has 0 radical (unpaired) electrons. The van der Waals surface area contributed by atoms with E-state index in [4.69, 9.17) is 18.9 Å². The van der Waals surface area contributed by atoms with Crippen LogP contribution in [0.1, 0.15) is 13.8 Å². The zero-order chi connectivity index (χ0) is 20.9. The maximum atomic E-state index is 13.3. The Bertz CT molecular complexity index is 907. The first-order valence-corrected chi connectivity index (χ1v) is 9.02. The molecule has 3 heterocycles. The Balaban J connectivity index is 1.72. The quantitative estimate of drug-likeness (QED) is 0.311. The van der Waals surface area contributed by atoms with Gasteiger partial charge in [-0.15, -0.1) is 0 Å². The summed E-state index contributed by atoms with van der Waals surface area (Å²) in [5.41, 5.74) is -1.16. The van der Waals surface area contributed by atoms with Crippen molar-refractivity contribution in [2.45, 2.75) is 31.8 Å². The van der Waals surface area contributed by atoms with Crippen LogP contribution in [0.15, 0.2) is 36.4 Å².